The van der Waals surface area contributed by atoms with Gasteiger partial charge in [0.1, 0.15) is 5.82 Å². The maximum atomic E-state index is 4.59. The number of nitrogens with one attached hydrogen (secondary N) is 3. The van der Waals surface area contributed by atoms with Crippen LogP contribution >= 0.6 is 0 Å². The molecule has 4 rings (SSSR count). The van der Waals surface area contributed by atoms with Crippen molar-refractivity contribution < 1.29 is 0 Å². The first-order valence-corrected chi connectivity index (χ1v) is 11.2. The number of pyridine rings is 1. The van der Waals surface area contributed by atoms with Gasteiger partial charge < -0.3 is 25.4 Å². The van der Waals surface area contributed by atoms with E-state index in [2.05, 4.69) is 84.9 Å². The fourth-order valence-corrected chi connectivity index (χ4v) is 4.10. The minimum absolute atomic E-state index is 0.719. The molecule has 0 amide bonds. The molecule has 0 spiro atoms. The Morgan fingerprint density at radius 1 is 1.13 bits per heavy atom. The second kappa shape index (κ2) is 10.3. The van der Waals surface area contributed by atoms with E-state index in [9.17, 15) is 0 Å². The Kier molecular flexibility index (Phi) is 7.04. The number of hydrogen-bond donors (Lipinski definition) is 3. The van der Waals surface area contributed by atoms with Crippen molar-refractivity contribution in [1.82, 2.24) is 25.5 Å². The number of likely N-dealkylation sites (N-methyl/N-ethyl adjacent to an activating group) is 1. The predicted molar refractivity (Wildman–Crippen MR) is 129 cm³/mol. The molecule has 0 bridgehead atoms. The number of guanidine groups is 1. The first-order valence-electron chi connectivity index (χ1n) is 11.2. The van der Waals surface area contributed by atoms with Crippen LogP contribution < -0.4 is 15.5 Å². The van der Waals surface area contributed by atoms with E-state index in [-0.39, 0.29) is 0 Å². The van der Waals surface area contributed by atoms with E-state index in [1.165, 1.54) is 22.0 Å². The van der Waals surface area contributed by atoms with Gasteiger partial charge in [0.05, 0.1) is 0 Å². The average Bonchev–Trinajstić information content (AvgIpc) is 3.24. The lowest BCUT2D eigenvalue weighted by Crippen LogP contribution is -2.46. The van der Waals surface area contributed by atoms with Gasteiger partial charge in [0.15, 0.2) is 5.96 Å². The molecule has 7 nitrogen and oxygen atoms in total. The molecule has 0 unspecified atom stereocenters. The summed E-state index contributed by atoms with van der Waals surface area (Å²) in [6, 6.07) is 12.7. The molecule has 1 aliphatic rings. The van der Waals surface area contributed by atoms with Gasteiger partial charge in [-0.05, 0) is 42.3 Å². The van der Waals surface area contributed by atoms with Gasteiger partial charge in [-0.25, -0.2) is 4.98 Å². The molecule has 0 saturated carbocycles. The Labute approximate surface area is 184 Å². The Hall–Kier alpha value is -3.06. The van der Waals surface area contributed by atoms with Crippen LogP contribution in [0.2, 0.25) is 0 Å². The number of aromatic nitrogens is 2. The molecule has 1 fully saturated rings. The van der Waals surface area contributed by atoms with Gasteiger partial charge in [0, 0.05) is 69.6 Å². The highest BCUT2D eigenvalue weighted by atomic mass is 15.3. The monoisotopic (exact) mass is 419 g/mol. The fraction of sp³-hybridized carbons (Fsp3) is 0.417. The van der Waals surface area contributed by atoms with Crippen LogP contribution in [0.1, 0.15) is 18.1 Å². The third kappa shape index (κ3) is 5.35. The summed E-state index contributed by atoms with van der Waals surface area (Å²) in [5.74, 6) is 1.88. The van der Waals surface area contributed by atoms with Crippen LogP contribution in [0.4, 0.5) is 5.82 Å². The van der Waals surface area contributed by atoms with Crippen LogP contribution in [0.5, 0.6) is 0 Å². The summed E-state index contributed by atoms with van der Waals surface area (Å²) in [5, 5.41) is 8.14. The fourth-order valence-electron chi connectivity index (χ4n) is 4.10. The lowest BCUT2D eigenvalue weighted by atomic mass is 10.1. The van der Waals surface area contributed by atoms with Crippen molar-refractivity contribution in [3.63, 3.8) is 0 Å². The van der Waals surface area contributed by atoms with Crippen LogP contribution in [-0.2, 0) is 13.0 Å². The number of rotatable bonds is 7. The van der Waals surface area contributed by atoms with Gasteiger partial charge in [0.25, 0.3) is 0 Å². The Bertz CT molecular complexity index is 1000. The Balaban J connectivity index is 1.27. The Morgan fingerprint density at radius 2 is 1.97 bits per heavy atom. The third-order valence-corrected chi connectivity index (χ3v) is 6.00. The van der Waals surface area contributed by atoms with Crippen LogP contribution in [0.15, 0.2) is 53.8 Å². The van der Waals surface area contributed by atoms with Crippen LogP contribution in [-0.4, -0.2) is 67.1 Å². The Morgan fingerprint density at radius 3 is 2.77 bits per heavy atom. The molecule has 1 saturated heterocycles. The normalized spacial score (nSPS) is 15.4. The summed E-state index contributed by atoms with van der Waals surface area (Å²) in [5.41, 5.74) is 3.72. The van der Waals surface area contributed by atoms with Crippen molar-refractivity contribution in [3.05, 3.63) is 59.9 Å². The predicted octanol–water partition coefficient (Wildman–Crippen LogP) is 2.61. The number of fused-ring (bicyclic) bond motifs is 1. The number of para-hydroxylation sites is 1. The van der Waals surface area contributed by atoms with E-state index in [0.717, 1.165) is 64.0 Å². The van der Waals surface area contributed by atoms with Gasteiger partial charge in [-0.1, -0.05) is 25.1 Å². The molecular weight excluding hydrogens is 386 g/mol. The number of hydrogen-bond acceptors (Lipinski definition) is 4. The molecule has 7 heteroatoms. The number of H-pyrrole nitrogens is 1. The number of piperazine rings is 1. The number of aliphatic imine (C=N–C) groups is 1. The average molecular weight is 420 g/mol. The van der Waals surface area contributed by atoms with E-state index in [1.807, 2.05) is 13.2 Å². The maximum Gasteiger partial charge on any atom is 0.191 e. The molecule has 1 aromatic carbocycles. The molecule has 1 aliphatic heterocycles. The SMILES string of the molecule is CCN1CCN(c2cc(CNC(=NC)NCCc3c[nH]c4ccccc34)ccn2)CC1. The first-order chi connectivity index (χ1) is 15.3. The largest absolute Gasteiger partial charge is 0.361 e. The third-order valence-electron chi connectivity index (χ3n) is 6.00. The van der Waals surface area contributed by atoms with E-state index >= 15 is 0 Å². The molecule has 3 aromatic rings. The van der Waals surface area contributed by atoms with Gasteiger partial charge in [-0.15, -0.1) is 0 Å². The zero-order valence-electron chi connectivity index (χ0n) is 18.6. The van der Waals surface area contributed by atoms with Gasteiger partial charge in [-0.3, -0.25) is 4.99 Å². The molecule has 3 N–H and O–H groups in total. The minimum atomic E-state index is 0.719. The molecule has 164 valence electrons. The number of anilines is 1. The molecule has 31 heavy (non-hydrogen) atoms. The molecule has 2 aromatic heterocycles. The van der Waals surface area contributed by atoms with Crippen molar-refractivity contribution in [3.8, 4) is 0 Å². The van der Waals surface area contributed by atoms with E-state index in [4.69, 9.17) is 0 Å². The summed E-state index contributed by atoms with van der Waals surface area (Å²) in [7, 11) is 1.81. The van der Waals surface area contributed by atoms with E-state index in [0.29, 0.717) is 0 Å². The van der Waals surface area contributed by atoms with Crippen LogP contribution in [0.3, 0.4) is 0 Å². The molecule has 0 radical (unpaired) electrons. The van der Waals surface area contributed by atoms with Gasteiger partial charge in [-0.2, -0.15) is 0 Å². The van der Waals surface area contributed by atoms with Crippen molar-refractivity contribution in [1.29, 1.82) is 0 Å². The van der Waals surface area contributed by atoms with Crippen molar-refractivity contribution in [2.75, 3.05) is 51.2 Å². The first kappa shape index (κ1) is 21.2. The van der Waals surface area contributed by atoms with Gasteiger partial charge in [0.2, 0.25) is 0 Å². The lowest BCUT2D eigenvalue weighted by molar-refractivity contribution is 0.270. The van der Waals surface area contributed by atoms with Crippen molar-refractivity contribution in [2.45, 2.75) is 19.9 Å². The van der Waals surface area contributed by atoms with E-state index < -0.39 is 0 Å². The van der Waals surface area contributed by atoms with E-state index in [1.54, 1.807) is 0 Å². The summed E-state index contributed by atoms with van der Waals surface area (Å²) >= 11 is 0. The standard InChI is InChI=1S/C24H33N7/c1-3-30-12-14-31(15-13-30)23-16-19(8-10-26-23)17-29-24(25-2)27-11-9-20-18-28-22-7-5-4-6-21(20)22/h4-8,10,16,18,28H,3,9,11-15,17H2,1-2H3,(H2,25,27,29). The molecular formula is C24H33N7. The number of aromatic amines is 1. The molecule has 0 aliphatic carbocycles. The van der Waals surface area contributed by atoms with Gasteiger partial charge >= 0.3 is 0 Å². The summed E-state index contributed by atoms with van der Waals surface area (Å²) in [4.78, 5) is 17.2. The highest BCUT2D eigenvalue weighted by Gasteiger charge is 2.16. The quantitative estimate of drug-likeness (QED) is 0.406. The lowest BCUT2D eigenvalue weighted by Gasteiger charge is -2.34. The summed E-state index contributed by atoms with van der Waals surface area (Å²) in [6.45, 7) is 9.17. The smallest absolute Gasteiger partial charge is 0.191 e. The maximum absolute atomic E-state index is 4.59. The van der Waals surface area contributed by atoms with Crippen molar-refractivity contribution >= 4 is 22.7 Å². The number of benzene rings is 1. The second-order valence-corrected chi connectivity index (χ2v) is 7.91. The zero-order chi connectivity index (χ0) is 21.5. The highest BCUT2D eigenvalue weighted by molar-refractivity contribution is 5.83. The highest BCUT2D eigenvalue weighted by Crippen LogP contribution is 2.18. The molecule has 0 atom stereocenters. The second-order valence-electron chi connectivity index (χ2n) is 7.91. The topological polar surface area (TPSA) is 71.6 Å². The summed E-state index contributed by atoms with van der Waals surface area (Å²) < 4.78 is 0. The van der Waals surface area contributed by atoms with Crippen LogP contribution in [0.25, 0.3) is 10.9 Å². The summed E-state index contributed by atoms with van der Waals surface area (Å²) in [6.07, 6.45) is 4.95. The van der Waals surface area contributed by atoms with Crippen LogP contribution in [0, 0.1) is 0 Å². The minimum Gasteiger partial charge on any atom is -0.361 e. The van der Waals surface area contributed by atoms with Crippen molar-refractivity contribution in [2.24, 2.45) is 4.99 Å². The number of nitrogens with zero attached hydrogens (tertiary/aromatic N) is 4. The zero-order valence-corrected chi connectivity index (χ0v) is 18.6. The molecule has 3 heterocycles.